The minimum Gasteiger partial charge on any atom is -0.468 e. The van der Waals surface area contributed by atoms with Gasteiger partial charge in [0.05, 0.1) is 7.11 Å². The first-order valence-corrected chi connectivity index (χ1v) is 3.43. The summed E-state index contributed by atoms with van der Waals surface area (Å²) in [5.74, 6) is -1.67. The van der Waals surface area contributed by atoms with E-state index in [-0.39, 0.29) is 6.10 Å². The topological polar surface area (TPSA) is 52.6 Å². The molecule has 0 bridgehead atoms. The summed E-state index contributed by atoms with van der Waals surface area (Å²) in [6.45, 7) is 1.75. The van der Waals surface area contributed by atoms with Crippen molar-refractivity contribution >= 4 is 11.9 Å². The smallest absolute Gasteiger partial charge is 0.320 e. The van der Waals surface area contributed by atoms with Gasteiger partial charge in [0.25, 0.3) is 0 Å². The molecule has 4 heteroatoms. The number of hydrogen-bond acceptors (Lipinski definition) is 4. The molecule has 0 spiro atoms. The van der Waals surface area contributed by atoms with Crippen molar-refractivity contribution in [3.05, 3.63) is 0 Å². The average Bonchev–Trinajstić information content (AvgIpc) is 2.28. The molecule has 0 aromatic carbocycles. The Kier molecular flexibility index (Phi) is 2.12. The number of hydrogen-bond donors (Lipinski definition) is 0. The summed E-state index contributed by atoms with van der Waals surface area (Å²) >= 11 is 0. The summed E-state index contributed by atoms with van der Waals surface area (Å²) in [5.41, 5.74) is 0. The molecular weight excluding hydrogens is 148 g/mol. The minimum absolute atomic E-state index is 0.161. The number of cyclic esters (lactones) is 1. The number of rotatable bonds is 1. The zero-order chi connectivity index (χ0) is 8.43. The summed E-state index contributed by atoms with van der Waals surface area (Å²) in [4.78, 5) is 21.7. The van der Waals surface area contributed by atoms with Crippen molar-refractivity contribution in [1.29, 1.82) is 0 Å². The van der Waals surface area contributed by atoms with Crippen molar-refractivity contribution < 1.29 is 19.1 Å². The van der Waals surface area contributed by atoms with Crippen LogP contribution in [0.4, 0.5) is 0 Å². The molecule has 1 heterocycles. The van der Waals surface area contributed by atoms with Crippen LogP contribution in [-0.2, 0) is 19.1 Å². The zero-order valence-corrected chi connectivity index (χ0v) is 6.49. The molecule has 0 amide bonds. The van der Waals surface area contributed by atoms with E-state index in [0.29, 0.717) is 6.42 Å². The lowest BCUT2D eigenvalue weighted by Gasteiger charge is -2.00. The molecule has 1 aliphatic heterocycles. The van der Waals surface area contributed by atoms with E-state index in [1.54, 1.807) is 6.92 Å². The quantitative estimate of drug-likeness (QED) is 0.401. The van der Waals surface area contributed by atoms with E-state index in [9.17, 15) is 9.59 Å². The number of methoxy groups -OCH3 is 1. The van der Waals surface area contributed by atoms with Crippen LogP contribution >= 0.6 is 0 Å². The lowest BCUT2D eigenvalue weighted by atomic mass is 10.1. The zero-order valence-electron chi connectivity index (χ0n) is 6.49. The van der Waals surface area contributed by atoms with E-state index in [4.69, 9.17) is 4.74 Å². The molecule has 0 saturated carbocycles. The van der Waals surface area contributed by atoms with Gasteiger partial charge in [-0.1, -0.05) is 0 Å². The highest BCUT2D eigenvalue weighted by atomic mass is 16.6. The Hall–Kier alpha value is -1.06. The Morgan fingerprint density at radius 1 is 1.73 bits per heavy atom. The molecule has 0 N–H and O–H groups in total. The molecule has 11 heavy (non-hydrogen) atoms. The van der Waals surface area contributed by atoms with Gasteiger partial charge in [-0.2, -0.15) is 0 Å². The third-order valence-corrected chi connectivity index (χ3v) is 1.66. The highest BCUT2D eigenvalue weighted by molar-refractivity contribution is 5.96. The van der Waals surface area contributed by atoms with Crippen LogP contribution in [0.25, 0.3) is 0 Å². The Balaban J connectivity index is 2.60. The number of ether oxygens (including phenoxy) is 2. The summed E-state index contributed by atoms with van der Waals surface area (Å²) in [6.07, 6.45) is 0.275. The third-order valence-electron chi connectivity index (χ3n) is 1.66. The standard InChI is InChI=1S/C7H10O4/c1-4-3-5(6(8)10-2)7(9)11-4/h4-5H,3H2,1-2H3/t4-,5+/m1/s1. The first-order chi connectivity index (χ1) is 5.15. The first kappa shape index (κ1) is 8.04. The SMILES string of the molecule is COC(=O)[C@@H]1C[C@@H](C)OC1=O. The van der Waals surface area contributed by atoms with Gasteiger partial charge in [0.1, 0.15) is 6.10 Å². The lowest BCUT2D eigenvalue weighted by Crippen LogP contribution is -2.20. The first-order valence-electron chi connectivity index (χ1n) is 3.43. The monoisotopic (exact) mass is 158 g/mol. The van der Waals surface area contributed by atoms with Crippen molar-refractivity contribution in [2.45, 2.75) is 19.4 Å². The molecule has 0 aromatic rings. The van der Waals surface area contributed by atoms with Gasteiger partial charge >= 0.3 is 11.9 Å². The van der Waals surface area contributed by atoms with E-state index in [2.05, 4.69) is 4.74 Å². The summed E-state index contributed by atoms with van der Waals surface area (Å²) in [5, 5.41) is 0. The highest BCUT2D eigenvalue weighted by Gasteiger charge is 2.38. The van der Waals surface area contributed by atoms with E-state index in [1.807, 2.05) is 0 Å². The molecule has 1 fully saturated rings. The van der Waals surface area contributed by atoms with Gasteiger partial charge in [0.15, 0.2) is 5.92 Å². The van der Waals surface area contributed by atoms with Crippen LogP contribution in [0.1, 0.15) is 13.3 Å². The Labute approximate surface area is 64.5 Å². The van der Waals surface area contributed by atoms with Crippen molar-refractivity contribution in [1.82, 2.24) is 0 Å². The number of carbonyl (C=O) groups is 2. The second-order valence-electron chi connectivity index (χ2n) is 2.56. The summed E-state index contributed by atoms with van der Waals surface area (Å²) in [6, 6.07) is 0. The fraction of sp³-hybridized carbons (Fsp3) is 0.714. The minimum atomic E-state index is -0.699. The molecule has 0 unspecified atom stereocenters. The molecule has 62 valence electrons. The molecule has 2 atom stereocenters. The van der Waals surface area contributed by atoms with Crippen LogP contribution in [0, 0.1) is 5.92 Å². The summed E-state index contributed by atoms with van der Waals surface area (Å²) in [7, 11) is 1.26. The van der Waals surface area contributed by atoms with Gasteiger partial charge in [0, 0.05) is 6.42 Å². The van der Waals surface area contributed by atoms with Gasteiger partial charge in [-0.3, -0.25) is 9.59 Å². The van der Waals surface area contributed by atoms with Crippen LogP contribution in [0.3, 0.4) is 0 Å². The summed E-state index contributed by atoms with van der Waals surface area (Å²) < 4.78 is 9.17. The number of esters is 2. The van der Waals surface area contributed by atoms with Gasteiger partial charge in [-0.05, 0) is 6.92 Å². The fourth-order valence-corrected chi connectivity index (χ4v) is 1.09. The largest absolute Gasteiger partial charge is 0.468 e. The number of carbonyl (C=O) groups excluding carboxylic acids is 2. The Morgan fingerprint density at radius 3 is 2.73 bits per heavy atom. The third kappa shape index (κ3) is 1.50. The van der Waals surface area contributed by atoms with Crippen LogP contribution in [0.5, 0.6) is 0 Å². The van der Waals surface area contributed by atoms with E-state index in [0.717, 1.165) is 0 Å². The van der Waals surface area contributed by atoms with Crippen LogP contribution in [0.2, 0.25) is 0 Å². The second-order valence-corrected chi connectivity index (χ2v) is 2.56. The molecular formula is C7H10O4. The molecule has 0 aromatic heterocycles. The normalized spacial score (nSPS) is 29.8. The lowest BCUT2D eigenvalue weighted by molar-refractivity contribution is -0.154. The van der Waals surface area contributed by atoms with Crippen molar-refractivity contribution in [2.24, 2.45) is 5.92 Å². The van der Waals surface area contributed by atoms with Gasteiger partial charge in [-0.15, -0.1) is 0 Å². The molecule has 1 aliphatic rings. The Morgan fingerprint density at radius 2 is 2.36 bits per heavy atom. The van der Waals surface area contributed by atoms with Crippen molar-refractivity contribution in [2.75, 3.05) is 7.11 Å². The predicted molar refractivity (Wildman–Crippen MR) is 35.7 cm³/mol. The van der Waals surface area contributed by atoms with E-state index >= 15 is 0 Å². The molecule has 4 nitrogen and oxygen atoms in total. The maximum Gasteiger partial charge on any atom is 0.320 e. The van der Waals surface area contributed by atoms with E-state index in [1.165, 1.54) is 7.11 Å². The van der Waals surface area contributed by atoms with E-state index < -0.39 is 17.9 Å². The average molecular weight is 158 g/mol. The predicted octanol–water partition coefficient (Wildman–Crippen LogP) is 0.111. The highest BCUT2D eigenvalue weighted by Crippen LogP contribution is 2.21. The van der Waals surface area contributed by atoms with Gasteiger partial charge in [-0.25, -0.2) is 0 Å². The van der Waals surface area contributed by atoms with Gasteiger partial charge < -0.3 is 9.47 Å². The van der Waals surface area contributed by atoms with Gasteiger partial charge in [0.2, 0.25) is 0 Å². The van der Waals surface area contributed by atoms with Crippen LogP contribution in [0.15, 0.2) is 0 Å². The molecule has 0 aliphatic carbocycles. The molecule has 1 rings (SSSR count). The van der Waals surface area contributed by atoms with Crippen molar-refractivity contribution in [3.8, 4) is 0 Å². The maximum absolute atomic E-state index is 10.9. The maximum atomic E-state index is 10.9. The van der Waals surface area contributed by atoms with Crippen LogP contribution < -0.4 is 0 Å². The van der Waals surface area contributed by atoms with Crippen molar-refractivity contribution in [3.63, 3.8) is 0 Å². The fourth-order valence-electron chi connectivity index (χ4n) is 1.09. The second kappa shape index (κ2) is 2.90. The molecule has 0 radical (unpaired) electrons. The molecule has 1 saturated heterocycles. The van der Waals surface area contributed by atoms with Crippen LogP contribution in [-0.4, -0.2) is 25.2 Å². The Bertz CT molecular complexity index is 179.